The molecule has 8 heteroatoms. The zero-order chi connectivity index (χ0) is 15.6. The van der Waals surface area contributed by atoms with E-state index in [9.17, 15) is 17.6 Å². The van der Waals surface area contributed by atoms with Crippen LogP contribution in [0.2, 0.25) is 5.02 Å². The summed E-state index contributed by atoms with van der Waals surface area (Å²) in [5.74, 6) is -1.19. The third kappa shape index (κ3) is 3.78. The Labute approximate surface area is 125 Å². The molecule has 2 aromatic rings. The van der Waals surface area contributed by atoms with Crippen LogP contribution in [0, 0.1) is 5.82 Å². The highest BCUT2D eigenvalue weighted by molar-refractivity contribution is 7.89. The first-order valence-corrected chi connectivity index (χ1v) is 7.59. The highest BCUT2D eigenvalue weighted by Crippen LogP contribution is 2.25. The molecule has 0 fully saturated rings. The summed E-state index contributed by atoms with van der Waals surface area (Å²) in [6.07, 6.45) is 0. The van der Waals surface area contributed by atoms with Crippen LogP contribution in [0.15, 0.2) is 47.4 Å². The SMILES string of the molecule is NS(=O)(=O)c1ccc(Cl)c(NC(=O)c2cccc(F)c2)c1. The first-order chi connectivity index (χ1) is 9.77. The van der Waals surface area contributed by atoms with Gasteiger partial charge in [-0.05, 0) is 36.4 Å². The maximum absolute atomic E-state index is 13.1. The summed E-state index contributed by atoms with van der Waals surface area (Å²) in [5, 5.41) is 7.54. The van der Waals surface area contributed by atoms with E-state index in [-0.39, 0.29) is 21.2 Å². The minimum absolute atomic E-state index is 0.0671. The quantitative estimate of drug-likeness (QED) is 0.906. The van der Waals surface area contributed by atoms with E-state index in [1.54, 1.807) is 0 Å². The number of nitrogens with one attached hydrogen (secondary N) is 1. The van der Waals surface area contributed by atoms with Crippen LogP contribution in [0.25, 0.3) is 0 Å². The summed E-state index contributed by atoms with van der Waals surface area (Å²) in [6, 6.07) is 8.69. The average molecular weight is 329 g/mol. The largest absolute Gasteiger partial charge is 0.321 e. The second-order valence-electron chi connectivity index (χ2n) is 4.15. The van der Waals surface area contributed by atoms with Crippen LogP contribution >= 0.6 is 11.6 Å². The number of sulfonamides is 1. The number of primary sulfonamides is 1. The number of rotatable bonds is 3. The Kier molecular flexibility index (Phi) is 4.26. The van der Waals surface area contributed by atoms with Crippen LogP contribution in [0.3, 0.4) is 0 Å². The van der Waals surface area contributed by atoms with Gasteiger partial charge in [-0.2, -0.15) is 0 Å². The van der Waals surface area contributed by atoms with Gasteiger partial charge in [-0.1, -0.05) is 17.7 Å². The van der Waals surface area contributed by atoms with E-state index in [0.717, 1.165) is 12.1 Å². The lowest BCUT2D eigenvalue weighted by molar-refractivity contribution is 0.102. The summed E-state index contributed by atoms with van der Waals surface area (Å²) in [7, 11) is -3.92. The van der Waals surface area contributed by atoms with E-state index < -0.39 is 21.7 Å². The molecule has 5 nitrogen and oxygen atoms in total. The molecule has 0 aliphatic heterocycles. The topological polar surface area (TPSA) is 89.3 Å². The standard InChI is InChI=1S/C13H10ClFN2O3S/c14-11-5-4-10(21(16,19)20)7-12(11)17-13(18)8-2-1-3-9(15)6-8/h1-7H,(H,17,18)(H2,16,19,20). The smallest absolute Gasteiger partial charge is 0.255 e. The van der Waals surface area contributed by atoms with Crippen molar-refractivity contribution in [3.63, 3.8) is 0 Å². The molecule has 0 unspecified atom stereocenters. The minimum Gasteiger partial charge on any atom is -0.321 e. The van der Waals surface area contributed by atoms with Crippen molar-refractivity contribution in [1.29, 1.82) is 0 Å². The maximum atomic E-state index is 13.1. The van der Waals surface area contributed by atoms with Crippen molar-refractivity contribution in [3.05, 3.63) is 58.9 Å². The molecule has 0 spiro atoms. The van der Waals surface area contributed by atoms with Gasteiger partial charge in [-0.25, -0.2) is 17.9 Å². The van der Waals surface area contributed by atoms with Gasteiger partial charge < -0.3 is 5.32 Å². The van der Waals surface area contributed by atoms with Crippen LogP contribution < -0.4 is 10.5 Å². The summed E-state index contributed by atoms with van der Waals surface area (Å²) in [4.78, 5) is 11.8. The molecule has 0 saturated heterocycles. The first kappa shape index (κ1) is 15.4. The predicted octanol–water partition coefficient (Wildman–Crippen LogP) is 2.38. The molecule has 0 atom stereocenters. The fraction of sp³-hybridized carbons (Fsp3) is 0. The molecular formula is C13H10ClFN2O3S. The third-order valence-electron chi connectivity index (χ3n) is 2.60. The lowest BCUT2D eigenvalue weighted by Crippen LogP contribution is -2.15. The van der Waals surface area contributed by atoms with Gasteiger partial charge in [0.15, 0.2) is 0 Å². The molecule has 21 heavy (non-hydrogen) atoms. The van der Waals surface area contributed by atoms with Gasteiger partial charge >= 0.3 is 0 Å². The second-order valence-corrected chi connectivity index (χ2v) is 6.12. The normalized spacial score (nSPS) is 11.2. The highest BCUT2D eigenvalue weighted by atomic mass is 35.5. The van der Waals surface area contributed by atoms with Crippen molar-refractivity contribution in [2.75, 3.05) is 5.32 Å². The monoisotopic (exact) mass is 328 g/mol. The van der Waals surface area contributed by atoms with Gasteiger partial charge in [-0.3, -0.25) is 4.79 Å². The molecule has 0 saturated carbocycles. The Morgan fingerprint density at radius 3 is 2.52 bits per heavy atom. The van der Waals surface area contributed by atoms with Gasteiger partial charge in [0.25, 0.3) is 5.91 Å². The molecule has 2 aromatic carbocycles. The number of carbonyl (C=O) groups excluding carboxylic acids is 1. The van der Waals surface area contributed by atoms with Crippen molar-refractivity contribution in [1.82, 2.24) is 0 Å². The van der Waals surface area contributed by atoms with Gasteiger partial charge in [-0.15, -0.1) is 0 Å². The predicted molar refractivity (Wildman–Crippen MR) is 77.2 cm³/mol. The fourth-order valence-corrected chi connectivity index (χ4v) is 2.31. The summed E-state index contributed by atoms with van der Waals surface area (Å²) < 4.78 is 35.6. The Morgan fingerprint density at radius 1 is 1.19 bits per heavy atom. The Hall–Kier alpha value is -1.96. The number of hydrogen-bond donors (Lipinski definition) is 2. The lowest BCUT2D eigenvalue weighted by atomic mass is 10.2. The van der Waals surface area contributed by atoms with Crippen molar-refractivity contribution >= 4 is 33.2 Å². The van der Waals surface area contributed by atoms with E-state index in [1.807, 2.05) is 0 Å². The van der Waals surface area contributed by atoms with E-state index in [0.29, 0.717) is 0 Å². The Morgan fingerprint density at radius 2 is 1.90 bits per heavy atom. The molecule has 110 valence electrons. The molecule has 0 heterocycles. The molecule has 2 rings (SSSR count). The zero-order valence-electron chi connectivity index (χ0n) is 10.5. The molecule has 0 radical (unpaired) electrons. The van der Waals surface area contributed by atoms with E-state index in [1.165, 1.54) is 30.3 Å². The minimum atomic E-state index is -3.92. The maximum Gasteiger partial charge on any atom is 0.255 e. The molecular weight excluding hydrogens is 319 g/mol. The van der Waals surface area contributed by atoms with Crippen molar-refractivity contribution in [2.24, 2.45) is 5.14 Å². The number of benzene rings is 2. The lowest BCUT2D eigenvalue weighted by Gasteiger charge is -2.09. The van der Waals surface area contributed by atoms with Crippen molar-refractivity contribution < 1.29 is 17.6 Å². The van der Waals surface area contributed by atoms with Crippen molar-refractivity contribution in [2.45, 2.75) is 4.90 Å². The molecule has 0 bridgehead atoms. The number of carbonyl (C=O) groups is 1. The number of nitrogens with two attached hydrogens (primary N) is 1. The van der Waals surface area contributed by atoms with Gasteiger partial charge in [0.2, 0.25) is 10.0 Å². The van der Waals surface area contributed by atoms with Crippen LogP contribution in [-0.2, 0) is 10.0 Å². The van der Waals surface area contributed by atoms with E-state index in [2.05, 4.69) is 5.32 Å². The van der Waals surface area contributed by atoms with Gasteiger partial charge in [0.1, 0.15) is 5.82 Å². The highest BCUT2D eigenvalue weighted by Gasteiger charge is 2.13. The Balaban J connectivity index is 2.33. The molecule has 1 amide bonds. The number of amides is 1. The summed E-state index contributed by atoms with van der Waals surface area (Å²) in [5.41, 5.74) is 0.143. The molecule has 0 aliphatic carbocycles. The number of anilines is 1. The van der Waals surface area contributed by atoms with Crippen LogP contribution in [-0.4, -0.2) is 14.3 Å². The molecule has 3 N–H and O–H groups in total. The summed E-state index contributed by atoms with van der Waals surface area (Å²) >= 11 is 5.88. The average Bonchev–Trinajstić information content (AvgIpc) is 2.40. The molecule has 0 aromatic heterocycles. The number of halogens is 2. The Bertz CT molecular complexity index is 809. The van der Waals surface area contributed by atoms with Crippen LogP contribution in [0.5, 0.6) is 0 Å². The van der Waals surface area contributed by atoms with Crippen LogP contribution in [0.4, 0.5) is 10.1 Å². The van der Waals surface area contributed by atoms with E-state index in [4.69, 9.17) is 16.7 Å². The van der Waals surface area contributed by atoms with Gasteiger partial charge in [0, 0.05) is 5.56 Å². The van der Waals surface area contributed by atoms with Crippen molar-refractivity contribution in [3.8, 4) is 0 Å². The fourth-order valence-electron chi connectivity index (χ4n) is 1.60. The third-order valence-corrected chi connectivity index (χ3v) is 3.84. The zero-order valence-corrected chi connectivity index (χ0v) is 12.1. The van der Waals surface area contributed by atoms with Crippen LogP contribution in [0.1, 0.15) is 10.4 Å². The first-order valence-electron chi connectivity index (χ1n) is 5.66. The van der Waals surface area contributed by atoms with Gasteiger partial charge in [0.05, 0.1) is 15.6 Å². The number of hydrogen-bond acceptors (Lipinski definition) is 3. The second kappa shape index (κ2) is 5.80. The van der Waals surface area contributed by atoms with E-state index >= 15 is 0 Å². The summed E-state index contributed by atoms with van der Waals surface area (Å²) in [6.45, 7) is 0. The molecule has 0 aliphatic rings.